The van der Waals surface area contributed by atoms with E-state index in [9.17, 15) is 5.11 Å². The summed E-state index contributed by atoms with van der Waals surface area (Å²) in [6, 6.07) is 0. The minimum Gasteiger partial charge on any atom is -0.393 e. The fraction of sp³-hybridized carbons (Fsp3) is 1.00. The third-order valence-electron chi connectivity index (χ3n) is 4.01. The zero-order chi connectivity index (χ0) is 11.2. The van der Waals surface area contributed by atoms with E-state index in [1.807, 2.05) is 0 Å². The van der Waals surface area contributed by atoms with Crippen LogP contribution in [0.2, 0.25) is 0 Å². The van der Waals surface area contributed by atoms with Gasteiger partial charge in [0.15, 0.2) is 0 Å². The second kappa shape index (κ2) is 6.61. The molecule has 16 heavy (non-hydrogen) atoms. The lowest BCUT2D eigenvalue weighted by atomic mass is 9.91. The molecular formula is C14H26O2. The lowest BCUT2D eigenvalue weighted by molar-refractivity contribution is -0.108. The largest absolute Gasteiger partial charge is 0.393 e. The smallest absolute Gasteiger partial charge is 0.0628 e. The Morgan fingerprint density at radius 2 is 1.19 bits per heavy atom. The number of hydrogen-bond acceptors (Lipinski definition) is 2. The van der Waals surface area contributed by atoms with Gasteiger partial charge in [-0.2, -0.15) is 0 Å². The van der Waals surface area contributed by atoms with Gasteiger partial charge in [0.2, 0.25) is 0 Å². The first-order valence-electron chi connectivity index (χ1n) is 7.18. The summed E-state index contributed by atoms with van der Waals surface area (Å²) in [7, 11) is 0. The van der Waals surface area contributed by atoms with Gasteiger partial charge in [-0.25, -0.2) is 0 Å². The van der Waals surface area contributed by atoms with Crippen LogP contribution in [0.5, 0.6) is 0 Å². The predicted molar refractivity (Wildman–Crippen MR) is 65.5 cm³/mol. The number of ether oxygens (including phenoxy) is 1. The molecule has 2 heteroatoms. The molecule has 2 nitrogen and oxygen atoms in total. The number of rotatable bonds is 2. The van der Waals surface area contributed by atoms with Crippen LogP contribution in [0.3, 0.4) is 0 Å². The number of aliphatic hydroxyl groups is 1. The van der Waals surface area contributed by atoms with Crippen molar-refractivity contribution in [3.8, 4) is 0 Å². The van der Waals surface area contributed by atoms with Gasteiger partial charge in [-0.3, -0.25) is 0 Å². The molecule has 2 rings (SSSR count). The molecule has 0 radical (unpaired) electrons. The molecule has 2 aliphatic carbocycles. The van der Waals surface area contributed by atoms with Gasteiger partial charge >= 0.3 is 0 Å². The lowest BCUT2D eigenvalue weighted by Gasteiger charge is -2.34. The summed E-state index contributed by atoms with van der Waals surface area (Å²) in [4.78, 5) is 0. The van der Waals surface area contributed by atoms with Crippen molar-refractivity contribution in [2.75, 3.05) is 0 Å². The van der Waals surface area contributed by atoms with Crippen molar-refractivity contribution >= 4 is 0 Å². The van der Waals surface area contributed by atoms with Gasteiger partial charge < -0.3 is 9.84 Å². The first kappa shape index (κ1) is 12.4. The molecule has 0 aromatic rings. The van der Waals surface area contributed by atoms with E-state index in [4.69, 9.17) is 4.74 Å². The first-order valence-corrected chi connectivity index (χ1v) is 7.18. The van der Waals surface area contributed by atoms with E-state index in [-0.39, 0.29) is 6.10 Å². The third kappa shape index (κ3) is 4.06. The molecule has 2 aliphatic rings. The van der Waals surface area contributed by atoms with Crippen LogP contribution in [-0.2, 0) is 4.74 Å². The van der Waals surface area contributed by atoms with Crippen LogP contribution < -0.4 is 0 Å². The average Bonchev–Trinajstić information content (AvgIpc) is 2.25. The molecule has 0 amide bonds. The minimum atomic E-state index is -0.0791. The highest BCUT2D eigenvalue weighted by Gasteiger charge is 2.30. The van der Waals surface area contributed by atoms with E-state index in [0.29, 0.717) is 12.2 Å². The standard InChI is InChI=1S/C14H26O2/c15-12-10-14(11-12)16-13-8-6-4-2-1-3-5-7-9-13/h12-15H,1-11H2. The van der Waals surface area contributed by atoms with Crippen LogP contribution >= 0.6 is 0 Å². The highest BCUT2D eigenvalue weighted by molar-refractivity contribution is 4.80. The van der Waals surface area contributed by atoms with E-state index in [0.717, 1.165) is 12.8 Å². The van der Waals surface area contributed by atoms with Crippen molar-refractivity contribution in [1.29, 1.82) is 0 Å². The van der Waals surface area contributed by atoms with E-state index in [1.165, 1.54) is 57.8 Å². The van der Waals surface area contributed by atoms with Crippen LogP contribution in [-0.4, -0.2) is 23.4 Å². The van der Waals surface area contributed by atoms with Crippen LogP contribution in [0.4, 0.5) is 0 Å². The predicted octanol–water partition coefficient (Wildman–Crippen LogP) is 3.42. The monoisotopic (exact) mass is 226 g/mol. The van der Waals surface area contributed by atoms with Gasteiger partial charge in [0.25, 0.3) is 0 Å². The quantitative estimate of drug-likeness (QED) is 0.781. The zero-order valence-electron chi connectivity index (χ0n) is 10.4. The Labute approximate surface area is 99.4 Å². The second-order valence-corrected chi connectivity index (χ2v) is 5.56. The van der Waals surface area contributed by atoms with Crippen molar-refractivity contribution < 1.29 is 9.84 Å². The fourth-order valence-electron chi connectivity index (χ4n) is 2.83. The normalized spacial score (nSPS) is 34.3. The summed E-state index contributed by atoms with van der Waals surface area (Å²) in [5.74, 6) is 0. The molecule has 2 saturated carbocycles. The lowest BCUT2D eigenvalue weighted by Crippen LogP contribution is -2.38. The summed E-state index contributed by atoms with van der Waals surface area (Å²) in [5, 5.41) is 9.25. The molecule has 0 aromatic carbocycles. The molecular weight excluding hydrogens is 200 g/mol. The van der Waals surface area contributed by atoms with Gasteiger partial charge in [0, 0.05) is 0 Å². The fourth-order valence-corrected chi connectivity index (χ4v) is 2.83. The molecule has 0 heterocycles. The summed E-state index contributed by atoms with van der Waals surface area (Å²) in [5.41, 5.74) is 0. The van der Waals surface area contributed by atoms with Gasteiger partial charge in [0.05, 0.1) is 18.3 Å². The van der Waals surface area contributed by atoms with E-state index in [1.54, 1.807) is 0 Å². The minimum absolute atomic E-state index is 0.0791. The Balaban J connectivity index is 1.67. The first-order chi connectivity index (χ1) is 7.84. The van der Waals surface area contributed by atoms with Gasteiger partial charge in [-0.15, -0.1) is 0 Å². The van der Waals surface area contributed by atoms with Gasteiger partial charge in [-0.05, 0) is 25.7 Å². The molecule has 2 fully saturated rings. The molecule has 0 atom stereocenters. The van der Waals surface area contributed by atoms with Crippen molar-refractivity contribution in [1.82, 2.24) is 0 Å². The van der Waals surface area contributed by atoms with Crippen LogP contribution in [0.1, 0.15) is 70.6 Å². The average molecular weight is 226 g/mol. The van der Waals surface area contributed by atoms with Gasteiger partial charge in [-0.1, -0.05) is 44.9 Å². The maximum Gasteiger partial charge on any atom is 0.0628 e. The summed E-state index contributed by atoms with van der Waals surface area (Å²) < 4.78 is 6.07. The topological polar surface area (TPSA) is 29.5 Å². The SMILES string of the molecule is OC1CC(OC2CCCCCCCCC2)C1. The molecule has 0 aromatic heterocycles. The van der Waals surface area contributed by atoms with Crippen molar-refractivity contribution in [2.45, 2.75) is 88.9 Å². The van der Waals surface area contributed by atoms with E-state index in [2.05, 4.69) is 0 Å². The maximum atomic E-state index is 9.25. The molecule has 0 bridgehead atoms. The van der Waals surface area contributed by atoms with Crippen molar-refractivity contribution in [3.63, 3.8) is 0 Å². The summed E-state index contributed by atoms with van der Waals surface area (Å²) >= 11 is 0. The van der Waals surface area contributed by atoms with Crippen LogP contribution in [0, 0.1) is 0 Å². The van der Waals surface area contributed by atoms with Gasteiger partial charge in [0.1, 0.15) is 0 Å². The second-order valence-electron chi connectivity index (χ2n) is 5.56. The van der Waals surface area contributed by atoms with Crippen LogP contribution in [0.25, 0.3) is 0 Å². The maximum absolute atomic E-state index is 9.25. The summed E-state index contributed by atoms with van der Waals surface area (Å²) in [6.45, 7) is 0. The molecule has 94 valence electrons. The molecule has 0 aliphatic heterocycles. The Morgan fingerprint density at radius 1 is 0.688 bits per heavy atom. The third-order valence-corrected chi connectivity index (χ3v) is 4.01. The molecule has 0 saturated heterocycles. The Hall–Kier alpha value is -0.0800. The van der Waals surface area contributed by atoms with Crippen molar-refractivity contribution in [3.05, 3.63) is 0 Å². The van der Waals surface area contributed by atoms with Crippen LogP contribution in [0.15, 0.2) is 0 Å². The van der Waals surface area contributed by atoms with E-state index < -0.39 is 0 Å². The van der Waals surface area contributed by atoms with Crippen molar-refractivity contribution in [2.24, 2.45) is 0 Å². The summed E-state index contributed by atoms with van der Waals surface area (Å²) in [6.07, 6.45) is 14.7. The molecule has 1 N–H and O–H groups in total. The Bertz CT molecular complexity index is 177. The number of hydrogen-bond donors (Lipinski definition) is 1. The highest BCUT2D eigenvalue weighted by Crippen LogP contribution is 2.27. The Morgan fingerprint density at radius 3 is 1.69 bits per heavy atom. The zero-order valence-corrected chi connectivity index (χ0v) is 10.4. The Kier molecular flexibility index (Phi) is 5.11. The van der Waals surface area contributed by atoms with E-state index >= 15 is 0 Å². The molecule has 0 unspecified atom stereocenters. The highest BCUT2D eigenvalue weighted by atomic mass is 16.5. The number of aliphatic hydroxyl groups excluding tert-OH is 1. The molecule has 0 spiro atoms.